The number of ether oxygens (including phenoxy) is 10. The Morgan fingerprint density at radius 1 is 0.569 bits per heavy atom. The van der Waals surface area contributed by atoms with E-state index in [0.717, 1.165) is 50.5 Å². The van der Waals surface area contributed by atoms with E-state index in [0.29, 0.717) is 48.2 Å². The number of aromatic amines is 2. The molecule has 2 saturated heterocycles. The van der Waals surface area contributed by atoms with Crippen LogP contribution in [0.15, 0.2) is 189 Å². The van der Waals surface area contributed by atoms with Crippen LogP contribution in [0.1, 0.15) is 139 Å². The number of nitrogens with one attached hydrogen (secondary N) is 6. The predicted octanol–water partition coefficient (Wildman–Crippen LogP) is 9.04. The van der Waals surface area contributed by atoms with Crippen LogP contribution in [-0.2, 0) is 82.0 Å². The molecule has 782 valence electrons. The van der Waals surface area contributed by atoms with Crippen molar-refractivity contribution in [2.75, 3.05) is 107 Å². The molecule has 0 bridgehead atoms. The van der Waals surface area contributed by atoms with Crippen LogP contribution in [0, 0.1) is 36.8 Å². The minimum absolute atomic E-state index is 0.00198. The van der Waals surface area contributed by atoms with Crippen LogP contribution in [0.5, 0.6) is 23.0 Å². The van der Waals surface area contributed by atoms with Crippen molar-refractivity contribution in [3.8, 4) is 46.7 Å². The Balaban J connectivity index is 0.000000343. The number of amides is 2. The summed E-state index contributed by atoms with van der Waals surface area (Å²) in [6.45, 7) is 32.4. The minimum Gasteiger partial charge on any atom is -0.497 e. The van der Waals surface area contributed by atoms with Crippen molar-refractivity contribution in [3.63, 3.8) is 0 Å². The molecule has 6 aromatic carbocycles. The van der Waals surface area contributed by atoms with Crippen molar-refractivity contribution in [2.45, 2.75) is 166 Å². The maximum Gasteiger partial charge on any atom is 0.330 e. The molecule has 2 aromatic heterocycles. The fourth-order valence-corrected chi connectivity index (χ4v) is 26.0. The molecule has 0 spiro atoms. The zero-order valence-corrected chi connectivity index (χ0v) is 95.1. The van der Waals surface area contributed by atoms with Gasteiger partial charge < -0.3 is 86.4 Å². The number of H-pyrrole nitrogens is 2. The number of halogens is 6. The van der Waals surface area contributed by atoms with Gasteiger partial charge in [-0.2, -0.15) is 0 Å². The Hall–Kier alpha value is -8.56. The third kappa shape index (κ3) is 39.2. The van der Waals surface area contributed by atoms with E-state index in [9.17, 15) is 53.1 Å². The van der Waals surface area contributed by atoms with Gasteiger partial charge in [0.1, 0.15) is 83.2 Å². The number of benzene rings is 6. The fourth-order valence-electron chi connectivity index (χ4n) is 14.3. The molecule has 0 radical (unpaired) electrons. The van der Waals surface area contributed by atoms with Gasteiger partial charge in [0.15, 0.2) is 13.2 Å². The number of aliphatic hydroxyl groups is 3. The maximum absolute atomic E-state index is 13.5. The van der Waals surface area contributed by atoms with Crippen molar-refractivity contribution >= 4 is 132 Å². The fraction of sp³-hybridized carbons (Fsp3) is 0.429. The predicted molar refractivity (Wildman–Crippen MR) is 575 cm³/mol. The number of aldehydes is 2. The number of nitrogens with zero attached hydrogens (tertiary/aromatic N) is 6. The monoisotopic (exact) mass is 2610 g/mol. The van der Waals surface area contributed by atoms with Gasteiger partial charge in [0.05, 0.1) is 67.0 Å². The summed E-state index contributed by atoms with van der Waals surface area (Å²) in [6.07, 6.45) is -1.15. The second kappa shape index (κ2) is 66.0. The van der Waals surface area contributed by atoms with E-state index < -0.39 is 136 Å². The molecule has 0 saturated carbocycles. The second-order valence-electron chi connectivity index (χ2n) is 32.1. The normalized spacial score (nSPS) is 16.1. The molecule has 8 aromatic rings. The van der Waals surface area contributed by atoms with Gasteiger partial charge >= 0.3 is 174 Å². The molecule has 46 heteroatoms. The average molecular weight is 2620 g/mol. The third-order valence-corrected chi connectivity index (χ3v) is 32.6. The average Bonchev–Trinajstić information content (AvgIpc) is 0.905. The van der Waals surface area contributed by atoms with Crippen molar-refractivity contribution < 1.29 is 123 Å². The molecular formula is C98H121ClI5N12O26P2-. The summed E-state index contributed by atoms with van der Waals surface area (Å²) in [7, 11) is 3.55. The molecule has 0 aliphatic carbocycles. The SMILES string of the molecule is COc1ccc(C(OC[C@H]2O[C@@H](n3cc(C#CCNC(=O)COC(C)=O)c(=O)[nH]c3=O)C[C@H]2O)(c2ccccc2)c2ccc(OC)cc2)cc1.O=C[C@H](CO)NI(I)I.O=C[C@H](CO)N[I-]I.[C-]#[N+]CCOP(Cl)N(C(C)C)C(C)C.[C-]#[N+]CCOP(O[C@@H]1C[C@H](n2cc(C#CCNC(=O)COC(C)=O)c(=O)[nH]c2=O)O[C@@H]1COC(c1ccccc1)(c1ccc(OC)cc1)c1ccc(OC)cc1)N(C(C)C)C(C)C. The summed E-state index contributed by atoms with van der Waals surface area (Å²) < 4.78 is 89.4. The molecule has 144 heavy (non-hydrogen) atoms. The number of hydrogen-bond donors (Lipinski definition) is 9. The van der Waals surface area contributed by atoms with Gasteiger partial charge in [-0.25, -0.2) is 32.1 Å². The summed E-state index contributed by atoms with van der Waals surface area (Å²) in [5.74, 6) is 11.0. The van der Waals surface area contributed by atoms with Crippen LogP contribution < -0.4 is 76.6 Å². The van der Waals surface area contributed by atoms with Crippen molar-refractivity contribution in [3.05, 3.63) is 279 Å². The number of aliphatic hydroxyl groups excluding tert-OH is 3. The van der Waals surface area contributed by atoms with Crippen molar-refractivity contribution in [1.29, 1.82) is 0 Å². The Labute approximate surface area is 891 Å². The van der Waals surface area contributed by atoms with Crippen molar-refractivity contribution in [1.82, 2.24) is 46.1 Å². The molecular weight excluding hydrogens is 2490 g/mol. The summed E-state index contributed by atoms with van der Waals surface area (Å²) >= 11 is 11.6. The standard InChI is InChI=1S/C46H54N5O11P.C37H37N3O10.C9H18ClN2OP.C3H6I3NO2.C3H6I2NO2/c1-31(2)51(32(3)4)63(60-26-25-47-6)62-40-27-43(50-28-34(44(54)49-45(50)55)13-12-24-48-42(53)30-58-33(5)52)61-41(40)29-59-46(35-14-10-9-11-15-35,36-16-20-38(56-7)21-17-36)37-18-22-39(57-8)23-19-37;1-24(41)48-23-33(43)38-19-7-8-25-21-40(36(45)39-35(25)44)34-20-31(42)32(50-34)22-49-37(26-9-5-4-6-10-26,27-11-15-29(46-2)16-12-27)28-13-17-30(47-3)18-14-28;1-8(2)12(9(3)4)14(10)13-7-6-11-5;4-6(5)7-3(1-8)2-9;4-5-6-3(1-7)2-8/h9-11,14-23,28,31-32,40-41,43H,24-27,29-30H2,1-5,7-8H3,(H,48,53)(H,49,54,55);4-6,9-18,21,31-32,34,42H,19-20,22-23H2,1-3H3,(H,38,43)(H,39,44,45);8-9H,6-7H2,1-4H3;1,3,7,9H,2H2;1,3,6,8H,2H2/q;;;;-1/t40-,41-,43-,63?;31-,32-,34-;;2*3-/m11.11/s1. The van der Waals surface area contributed by atoms with E-state index in [-0.39, 0.29) is 118 Å². The maximum atomic E-state index is 13.5. The van der Waals surface area contributed by atoms with Gasteiger partial charge in [0.2, 0.25) is 20.7 Å². The Morgan fingerprint density at radius 3 is 1.26 bits per heavy atom. The molecule has 4 heterocycles. The molecule has 2 unspecified atom stereocenters. The zero-order chi connectivity index (χ0) is 106. The second-order valence-corrected chi connectivity index (χ2v) is 62.4. The van der Waals surface area contributed by atoms with Crippen LogP contribution in [0.3, 0.4) is 0 Å². The van der Waals surface area contributed by atoms with Crippen LogP contribution >= 0.6 is 95.4 Å². The quantitative estimate of drug-likeness (QED) is 0.00198. The van der Waals surface area contributed by atoms with E-state index >= 15 is 0 Å². The number of carbonyl (C=O) groups is 6. The van der Waals surface area contributed by atoms with Crippen LogP contribution in [-0.4, -0.2) is 248 Å². The Kier molecular flexibility index (Phi) is 56.9. The first kappa shape index (κ1) is 124. The molecule has 2 amide bonds. The first-order chi connectivity index (χ1) is 69.0. The van der Waals surface area contributed by atoms with Gasteiger partial charge in [-0.05, 0) is 149 Å². The summed E-state index contributed by atoms with van der Waals surface area (Å²) in [4.78, 5) is 129. The molecule has 10 atom stereocenters. The molecule has 9 N–H and O–H groups in total. The number of esters is 2. The Morgan fingerprint density at radius 2 is 0.931 bits per heavy atom. The van der Waals surface area contributed by atoms with Crippen LogP contribution in [0.25, 0.3) is 9.69 Å². The van der Waals surface area contributed by atoms with Crippen LogP contribution in [0.2, 0.25) is 0 Å². The Bertz CT molecular complexity index is 5690. The molecule has 2 fully saturated rings. The number of rotatable bonds is 46. The van der Waals surface area contributed by atoms with E-state index in [2.05, 4.69) is 159 Å². The van der Waals surface area contributed by atoms with Crippen LogP contribution in [0.4, 0.5) is 0 Å². The summed E-state index contributed by atoms with van der Waals surface area (Å²) in [5, 5.41) is 33.0. The molecule has 2 aliphatic heterocycles. The van der Waals surface area contributed by atoms with E-state index in [1.54, 1.807) is 28.4 Å². The molecule has 10 rings (SSSR count). The number of methoxy groups -OCH3 is 4. The van der Waals surface area contributed by atoms with E-state index in [1.165, 1.54) is 30.8 Å². The first-order valence-electron chi connectivity index (χ1n) is 44.8. The third-order valence-electron chi connectivity index (χ3n) is 20.9. The number of carbonyl (C=O) groups excluding carboxylic acids is 6. The topological polar surface area (TPSA) is 456 Å². The molecule has 38 nitrogen and oxygen atoms in total. The summed E-state index contributed by atoms with van der Waals surface area (Å²) in [5.41, 5.74) is -0.595. The van der Waals surface area contributed by atoms with E-state index in [4.69, 9.17) is 90.8 Å². The smallest absolute Gasteiger partial charge is 0.330 e. The number of hydrogen-bond acceptors (Lipinski definition) is 30. The number of aromatic nitrogens is 4. The van der Waals surface area contributed by atoms with Gasteiger partial charge in [-0.15, -0.1) is 0 Å². The van der Waals surface area contributed by atoms with Gasteiger partial charge in [0, 0.05) is 63.3 Å². The van der Waals surface area contributed by atoms with E-state index in [1.807, 2.05) is 185 Å². The summed E-state index contributed by atoms with van der Waals surface area (Å²) in [6, 6.07) is 49.8. The first-order valence-corrected chi connectivity index (χ1v) is 69.1. The van der Waals surface area contributed by atoms with Gasteiger partial charge in [-0.1, -0.05) is 133 Å². The zero-order valence-electron chi connectivity index (χ0n) is 81.7. The minimum atomic E-state index is -1.77. The largest absolute Gasteiger partial charge is 0.497 e. The van der Waals surface area contributed by atoms with Gasteiger partial charge in [0.25, 0.3) is 31.5 Å². The molecule has 2 aliphatic rings. The van der Waals surface area contributed by atoms with Gasteiger partial charge in [-0.3, -0.25) is 47.9 Å². The van der Waals surface area contributed by atoms with Crippen molar-refractivity contribution in [2.24, 2.45) is 0 Å².